The van der Waals surface area contributed by atoms with Crippen molar-refractivity contribution in [2.45, 2.75) is 37.5 Å². The third-order valence-electron chi connectivity index (χ3n) is 12.7. The molecule has 4 bridgehead atoms. The smallest absolute Gasteiger partial charge is 0.164 e. The van der Waals surface area contributed by atoms with Crippen molar-refractivity contribution < 1.29 is 0 Å². The average molecular weight is 644 g/mol. The Morgan fingerprint density at radius 2 is 0.960 bits per heavy atom. The van der Waals surface area contributed by atoms with Gasteiger partial charge in [0.25, 0.3) is 0 Å². The second kappa shape index (κ2) is 10.8. The summed E-state index contributed by atoms with van der Waals surface area (Å²) in [7, 11) is 0. The first-order chi connectivity index (χ1) is 24.7. The monoisotopic (exact) mass is 643 g/mol. The number of benzene rings is 6. The van der Waals surface area contributed by atoms with Crippen LogP contribution < -0.4 is 0 Å². The molecule has 4 fully saturated rings. The second-order valence-electron chi connectivity index (χ2n) is 15.3. The minimum atomic E-state index is 0.144. The lowest BCUT2D eigenvalue weighted by Crippen LogP contribution is -2.55. The van der Waals surface area contributed by atoms with Crippen LogP contribution in [0.25, 0.3) is 67.2 Å². The van der Waals surface area contributed by atoms with Crippen molar-refractivity contribution in [2.24, 2.45) is 23.7 Å². The van der Waals surface area contributed by atoms with Gasteiger partial charge in [-0.1, -0.05) is 121 Å². The predicted octanol–water partition coefficient (Wildman–Crippen LogP) is 11.4. The zero-order chi connectivity index (χ0) is 32.8. The maximum Gasteiger partial charge on any atom is 0.164 e. The molecule has 1 aromatic heterocycles. The summed E-state index contributed by atoms with van der Waals surface area (Å²) in [6.45, 7) is 0. The molecule has 12 rings (SSSR count). The maximum atomic E-state index is 5.22. The van der Waals surface area contributed by atoms with E-state index < -0.39 is 0 Å². The molecule has 1 heterocycles. The van der Waals surface area contributed by atoms with Gasteiger partial charge in [0, 0.05) is 22.1 Å². The Labute approximate surface area is 293 Å². The van der Waals surface area contributed by atoms with Crippen LogP contribution in [0.3, 0.4) is 0 Å². The number of rotatable bonds is 4. The molecule has 50 heavy (non-hydrogen) atoms. The molecule has 0 atom stereocenters. The number of nitrogens with zero attached hydrogens (tertiary/aromatic N) is 3. The zero-order valence-electron chi connectivity index (χ0n) is 28.0. The molecule has 0 aliphatic heterocycles. The van der Waals surface area contributed by atoms with Crippen molar-refractivity contribution in [3.8, 4) is 56.4 Å². The molecule has 0 unspecified atom stereocenters. The molecule has 0 N–H and O–H groups in total. The van der Waals surface area contributed by atoms with Gasteiger partial charge in [-0.2, -0.15) is 0 Å². The van der Waals surface area contributed by atoms with Crippen molar-refractivity contribution in [2.75, 3.05) is 0 Å². The highest BCUT2D eigenvalue weighted by molar-refractivity contribution is 5.96. The molecule has 0 saturated heterocycles. The van der Waals surface area contributed by atoms with Gasteiger partial charge in [0.2, 0.25) is 0 Å². The second-order valence-corrected chi connectivity index (χ2v) is 15.3. The Morgan fingerprint density at radius 3 is 1.68 bits per heavy atom. The van der Waals surface area contributed by atoms with E-state index in [1.807, 2.05) is 18.2 Å². The first-order valence-electron chi connectivity index (χ1n) is 18.4. The van der Waals surface area contributed by atoms with Crippen LogP contribution in [0.5, 0.6) is 0 Å². The van der Waals surface area contributed by atoms with Crippen LogP contribution >= 0.6 is 0 Å². The van der Waals surface area contributed by atoms with Crippen LogP contribution in [0.15, 0.2) is 140 Å². The van der Waals surface area contributed by atoms with E-state index in [-0.39, 0.29) is 5.41 Å². The normalized spacial score (nSPS) is 24.1. The van der Waals surface area contributed by atoms with E-state index in [9.17, 15) is 0 Å². The van der Waals surface area contributed by atoms with E-state index in [1.54, 1.807) is 11.1 Å². The van der Waals surface area contributed by atoms with Crippen LogP contribution in [-0.4, -0.2) is 15.0 Å². The molecule has 240 valence electrons. The van der Waals surface area contributed by atoms with Crippen molar-refractivity contribution in [1.82, 2.24) is 15.0 Å². The van der Waals surface area contributed by atoms with E-state index in [4.69, 9.17) is 15.0 Å². The maximum absolute atomic E-state index is 5.22. The van der Waals surface area contributed by atoms with Gasteiger partial charge < -0.3 is 0 Å². The summed E-state index contributed by atoms with van der Waals surface area (Å²) in [6.07, 6.45) is 7.02. The molecule has 5 aliphatic carbocycles. The van der Waals surface area contributed by atoms with E-state index in [0.29, 0.717) is 17.5 Å². The highest BCUT2D eigenvalue weighted by Gasteiger charge is 2.61. The van der Waals surface area contributed by atoms with Crippen LogP contribution in [0.2, 0.25) is 0 Å². The van der Waals surface area contributed by atoms with E-state index in [2.05, 4.69) is 121 Å². The van der Waals surface area contributed by atoms with Crippen LogP contribution in [0.1, 0.15) is 43.2 Å². The number of hydrogen-bond acceptors (Lipinski definition) is 3. The summed E-state index contributed by atoms with van der Waals surface area (Å²) in [4.78, 5) is 15.4. The van der Waals surface area contributed by atoms with Gasteiger partial charge in [-0.25, -0.2) is 15.0 Å². The SMILES string of the molecule is c1ccc(-c2nc(-c3ccc4cc5c(cc4c3)C3(c4ccccc4-5)C4CC5CC(C4)CC3C5)nc(-c3ccccc3-c3ccccc3)n2)cc1. The number of aromatic nitrogens is 3. The topological polar surface area (TPSA) is 38.7 Å². The van der Waals surface area contributed by atoms with Crippen molar-refractivity contribution >= 4 is 10.8 Å². The van der Waals surface area contributed by atoms with Gasteiger partial charge in [0.05, 0.1) is 0 Å². The summed E-state index contributed by atoms with van der Waals surface area (Å²) < 4.78 is 0. The minimum Gasteiger partial charge on any atom is -0.208 e. The van der Waals surface area contributed by atoms with E-state index in [0.717, 1.165) is 51.5 Å². The van der Waals surface area contributed by atoms with Gasteiger partial charge in [-0.05, 0) is 118 Å². The third kappa shape index (κ3) is 4.13. The van der Waals surface area contributed by atoms with E-state index >= 15 is 0 Å². The number of hydrogen-bond donors (Lipinski definition) is 0. The van der Waals surface area contributed by atoms with Gasteiger partial charge in [-0.3, -0.25) is 0 Å². The fourth-order valence-corrected chi connectivity index (χ4v) is 10.9. The highest BCUT2D eigenvalue weighted by atomic mass is 15.0. The van der Waals surface area contributed by atoms with Gasteiger partial charge in [0.15, 0.2) is 17.5 Å². The minimum absolute atomic E-state index is 0.144. The molecule has 3 nitrogen and oxygen atoms in total. The molecule has 7 aromatic rings. The quantitative estimate of drug-likeness (QED) is 0.192. The summed E-state index contributed by atoms with van der Waals surface area (Å²) >= 11 is 0. The lowest BCUT2D eigenvalue weighted by molar-refractivity contribution is -0.0399. The molecule has 3 heteroatoms. The van der Waals surface area contributed by atoms with Crippen molar-refractivity contribution in [3.05, 3.63) is 151 Å². The molecule has 6 aromatic carbocycles. The van der Waals surface area contributed by atoms with Crippen LogP contribution in [0.4, 0.5) is 0 Å². The van der Waals surface area contributed by atoms with Gasteiger partial charge in [-0.15, -0.1) is 0 Å². The molecular weight excluding hydrogens is 607 g/mol. The number of fused-ring (bicyclic) bond motifs is 4. The molecule has 0 amide bonds. The molecule has 1 spiro atoms. The molecular formula is C47H37N3. The largest absolute Gasteiger partial charge is 0.208 e. The van der Waals surface area contributed by atoms with Crippen LogP contribution in [-0.2, 0) is 5.41 Å². The van der Waals surface area contributed by atoms with Crippen molar-refractivity contribution in [1.29, 1.82) is 0 Å². The molecule has 5 aliphatic rings. The zero-order valence-corrected chi connectivity index (χ0v) is 28.0. The first-order valence-corrected chi connectivity index (χ1v) is 18.4. The Bertz CT molecular complexity index is 2420. The van der Waals surface area contributed by atoms with Gasteiger partial charge in [0.1, 0.15) is 0 Å². The lowest BCUT2D eigenvalue weighted by atomic mass is 9.43. The van der Waals surface area contributed by atoms with Crippen LogP contribution in [0, 0.1) is 23.7 Å². The molecule has 0 radical (unpaired) electrons. The standard InChI is InChI=1S/C47H37N3/c1-3-11-31(12-4-1)38-15-7-8-17-40(38)46-49-44(32-13-5-2-6-14-32)48-45(50-46)34-20-19-33-27-41-39-16-9-10-18-42(39)47(43(41)28-35(33)26-34)36-22-29-21-30(24-36)25-37(47)23-29/h1-20,26-30,36-37H,21-25H2. The van der Waals surface area contributed by atoms with Gasteiger partial charge >= 0.3 is 0 Å². The Balaban J connectivity index is 1.09. The first kappa shape index (κ1) is 28.4. The predicted molar refractivity (Wildman–Crippen MR) is 202 cm³/mol. The summed E-state index contributed by atoms with van der Waals surface area (Å²) in [6, 6.07) is 50.5. The molecule has 4 saturated carbocycles. The Hall–Kier alpha value is -5.41. The fourth-order valence-electron chi connectivity index (χ4n) is 10.9. The lowest BCUT2D eigenvalue weighted by Gasteiger charge is -2.61. The summed E-state index contributed by atoms with van der Waals surface area (Å²) in [5.41, 5.74) is 11.5. The van der Waals surface area contributed by atoms with Crippen molar-refractivity contribution in [3.63, 3.8) is 0 Å². The average Bonchev–Trinajstić information content (AvgIpc) is 3.45. The third-order valence-corrected chi connectivity index (χ3v) is 12.7. The summed E-state index contributed by atoms with van der Waals surface area (Å²) in [5.74, 6) is 5.41. The Kier molecular flexibility index (Phi) is 6.14. The summed E-state index contributed by atoms with van der Waals surface area (Å²) in [5, 5.41) is 2.55. The van der Waals surface area contributed by atoms with E-state index in [1.165, 1.54) is 54.0 Å². The Morgan fingerprint density at radius 1 is 0.380 bits per heavy atom. The fraction of sp³-hybridized carbons (Fsp3) is 0.213. The highest BCUT2D eigenvalue weighted by Crippen LogP contribution is 2.69.